The molecule has 2 aliphatic rings. The van der Waals surface area contributed by atoms with E-state index in [1.165, 1.54) is 96.7 Å². The number of nitrogens with zero attached hydrogens (tertiary/aromatic N) is 7. The predicted molar refractivity (Wildman–Crippen MR) is 243 cm³/mol. The van der Waals surface area contributed by atoms with E-state index in [2.05, 4.69) is 15.3 Å². The van der Waals surface area contributed by atoms with E-state index in [9.17, 15) is 37.5 Å². The fourth-order valence-corrected chi connectivity index (χ4v) is 9.83. The zero-order chi connectivity index (χ0) is 47.1. The lowest BCUT2D eigenvalue weighted by molar-refractivity contribution is -0.124. The third kappa shape index (κ3) is 11.4. The summed E-state index contributed by atoms with van der Waals surface area (Å²) >= 11 is 2.20. The van der Waals surface area contributed by atoms with Crippen LogP contribution < -0.4 is 5.32 Å². The Morgan fingerprint density at radius 3 is 1.48 bits per heavy atom. The van der Waals surface area contributed by atoms with Gasteiger partial charge in [0.2, 0.25) is 0 Å². The minimum atomic E-state index is -1.08. The molecule has 6 aromatic rings. The number of carbonyl (C=O) groups is 6. The van der Waals surface area contributed by atoms with Gasteiger partial charge in [-0.15, -0.1) is 0 Å². The van der Waals surface area contributed by atoms with Crippen LogP contribution in [0.5, 0.6) is 0 Å². The number of piperidine rings is 2. The Bertz CT molecular complexity index is 2690. The highest BCUT2D eigenvalue weighted by Crippen LogP contribution is 2.29. The number of likely N-dealkylation sites (N-methyl/N-ethyl adjacent to an activating group) is 2. The molecule has 4 aromatic heterocycles. The van der Waals surface area contributed by atoms with Gasteiger partial charge in [-0.2, -0.15) is 0 Å². The van der Waals surface area contributed by atoms with Gasteiger partial charge >= 0.3 is 5.97 Å². The van der Waals surface area contributed by atoms with Gasteiger partial charge in [0.15, 0.2) is 9.92 Å². The second kappa shape index (κ2) is 21.2. The number of benzene rings is 2. The van der Waals surface area contributed by atoms with Gasteiger partial charge in [0.1, 0.15) is 32.8 Å². The quantitative estimate of drug-likeness (QED) is 0.118. The largest absolute Gasteiger partial charge is 0.477 e. The number of carboxylic acid groups (broad SMARTS) is 1. The molecule has 0 spiro atoms. The molecule has 65 heavy (non-hydrogen) atoms. The van der Waals surface area contributed by atoms with Crippen molar-refractivity contribution >= 4 is 67.9 Å². The zero-order valence-corrected chi connectivity index (χ0v) is 38.7. The van der Waals surface area contributed by atoms with Gasteiger partial charge < -0.3 is 25.1 Å². The highest BCUT2D eigenvalue weighted by molar-refractivity contribution is 7.19. The first-order valence-corrected chi connectivity index (χ1v) is 22.8. The van der Waals surface area contributed by atoms with Crippen LogP contribution >= 0.6 is 22.7 Å². The summed E-state index contributed by atoms with van der Waals surface area (Å²) in [6, 6.07) is 13.5. The summed E-state index contributed by atoms with van der Waals surface area (Å²) in [5.41, 5.74) is 3.63. The average Bonchev–Trinajstić information content (AvgIpc) is 4.07. The number of amides is 3. The molecule has 2 aromatic carbocycles. The molecule has 0 atom stereocenters. The van der Waals surface area contributed by atoms with E-state index in [-0.39, 0.29) is 33.8 Å². The molecule has 3 amide bonds. The number of nitrogens with one attached hydrogen (secondary N) is 1. The second-order valence-electron chi connectivity index (χ2n) is 16.5. The van der Waals surface area contributed by atoms with E-state index in [1.54, 1.807) is 30.4 Å². The summed E-state index contributed by atoms with van der Waals surface area (Å²) in [4.78, 5) is 86.5. The average molecular weight is 931 g/mol. The molecule has 0 bridgehead atoms. The maximum absolute atomic E-state index is 13.2. The first kappa shape index (κ1) is 48.3. The number of carboxylic acids is 1. The number of carbonyl (C=O) groups excluding carboxylic acids is 5. The van der Waals surface area contributed by atoms with Crippen LogP contribution in [0.25, 0.3) is 9.92 Å². The van der Waals surface area contributed by atoms with Crippen LogP contribution in [0.15, 0.2) is 60.9 Å². The SMILES string of the molecule is Cc1c(C(=O)N2CCC(Cc3ccc(F)cc3)CC2)sc2ncc(C(=O)C(=O)N(C)C)n12.Cc1c(C(=O)O)sc2ncc(C(=O)C(=O)N(C)C)n12.Fc1ccc(CC2CCNCC2)cc1. The molecule has 19 heteroatoms. The van der Waals surface area contributed by atoms with Gasteiger partial charge in [-0.05, 0) is 113 Å². The number of hydrogen-bond donors (Lipinski definition) is 2. The first-order valence-electron chi connectivity index (χ1n) is 21.1. The molecule has 0 unspecified atom stereocenters. The van der Waals surface area contributed by atoms with Crippen molar-refractivity contribution in [3.05, 3.63) is 116 Å². The van der Waals surface area contributed by atoms with Crippen molar-refractivity contribution in [2.75, 3.05) is 54.4 Å². The van der Waals surface area contributed by atoms with E-state index in [4.69, 9.17) is 5.11 Å². The van der Waals surface area contributed by atoms with E-state index in [1.807, 2.05) is 29.2 Å². The van der Waals surface area contributed by atoms with Gasteiger partial charge in [-0.25, -0.2) is 23.5 Å². The highest BCUT2D eigenvalue weighted by atomic mass is 32.1. The number of imidazole rings is 2. The van der Waals surface area contributed by atoms with E-state index >= 15 is 0 Å². The predicted octanol–water partition coefficient (Wildman–Crippen LogP) is 6.25. The molecule has 15 nitrogen and oxygen atoms in total. The smallest absolute Gasteiger partial charge is 0.347 e. The van der Waals surface area contributed by atoms with E-state index in [0.717, 1.165) is 61.6 Å². The Morgan fingerprint density at radius 1 is 0.662 bits per heavy atom. The Morgan fingerprint density at radius 2 is 1.06 bits per heavy atom. The summed E-state index contributed by atoms with van der Waals surface area (Å²) in [5.74, 6) is -2.96. The maximum atomic E-state index is 13.2. The van der Waals surface area contributed by atoms with Crippen molar-refractivity contribution in [3.63, 3.8) is 0 Å². The van der Waals surface area contributed by atoms with Gasteiger partial charge in [0.05, 0.1) is 12.4 Å². The number of likely N-dealkylation sites (tertiary alicyclic amines) is 1. The molecule has 344 valence electrons. The topological polar surface area (TPSA) is 179 Å². The number of halogens is 2. The van der Waals surface area contributed by atoms with Crippen molar-refractivity contribution in [2.45, 2.75) is 52.4 Å². The number of Topliss-reactive ketones (excluding diaryl/α,β-unsaturated/α-hetero) is 2. The third-order valence-electron chi connectivity index (χ3n) is 11.5. The summed E-state index contributed by atoms with van der Waals surface area (Å²) in [6.07, 6.45) is 8.90. The lowest BCUT2D eigenvalue weighted by Gasteiger charge is -2.32. The Labute approximate surface area is 382 Å². The number of fused-ring (bicyclic) bond motifs is 2. The molecule has 0 saturated carbocycles. The minimum absolute atomic E-state index is 0.0735. The number of aromatic carboxylic acids is 1. The van der Waals surface area contributed by atoms with Crippen LogP contribution in [0, 0.1) is 37.3 Å². The molecule has 0 radical (unpaired) electrons. The lowest BCUT2D eigenvalue weighted by atomic mass is 9.90. The summed E-state index contributed by atoms with van der Waals surface area (Å²) in [6.45, 7) is 6.91. The summed E-state index contributed by atoms with van der Waals surface area (Å²) < 4.78 is 28.8. The van der Waals surface area contributed by atoms with Crippen molar-refractivity contribution < 1.29 is 42.7 Å². The number of hydrogen-bond acceptors (Lipinski definition) is 11. The Hall–Kier alpha value is -6.18. The standard InChI is InChI=1S/C23H25FN4O3S.C12H16FN.C11H11N3O4S/c1-14-20(32-23-25-13-18(28(14)23)19(29)21(30)26(2)3)22(31)27-10-8-16(9-11-27)12-15-4-6-17(24)7-5-15;13-12-3-1-10(2-4-12)9-11-5-7-14-8-6-11;1-5-8(10(17)18)19-11-12-4-6(14(5)11)7(15)9(16)13(2)3/h4-7,13,16H,8-12H2,1-3H3;1-4,11,14H,5-9H2;4H,1-3H3,(H,17,18). The number of aryl methyl sites for hydroxylation is 2. The molecule has 2 fully saturated rings. The monoisotopic (exact) mass is 930 g/mol. The van der Waals surface area contributed by atoms with Gasteiger partial charge in [0.25, 0.3) is 29.3 Å². The van der Waals surface area contributed by atoms with Crippen LogP contribution in [0.2, 0.25) is 0 Å². The number of thiazole rings is 2. The number of rotatable bonds is 10. The van der Waals surface area contributed by atoms with Gasteiger partial charge in [0, 0.05) is 52.7 Å². The molecule has 6 heterocycles. The van der Waals surface area contributed by atoms with Gasteiger partial charge in [-0.3, -0.25) is 32.8 Å². The molecule has 2 N–H and O–H groups in total. The first-order chi connectivity index (χ1) is 30.9. The van der Waals surface area contributed by atoms with Crippen molar-refractivity contribution in [3.8, 4) is 0 Å². The highest BCUT2D eigenvalue weighted by Gasteiger charge is 2.30. The Balaban J connectivity index is 0.000000179. The molecule has 2 saturated heterocycles. The fraction of sp³-hybridized carbons (Fsp3) is 0.391. The normalized spacial score (nSPS) is 14.3. The number of aromatic nitrogens is 4. The zero-order valence-electron chi connectivity index (χ0n) is 37.1. The Kier molecular flexibility index (Phi) is 15.8. The van der Waals surface area contributed by atoms with Crippen molar-refractivity contribution in [1.29, 1.82) is 0 Å². The van der Waals surface area contributed by atoms with Gasteiger partial charge in [-0.1, -0.05) is 46.9 Å². The van der Waals surface area contributed by atoms with Crippen LogP contribution in [-0.4, -0.2) is 128 Å². The molecular formula is C46H52F2N8O7S2. The fourth-order valence-electron chi connectivity index (χ4n) is 7.82. The van der Waals surface area contributed by atoms with Crippen molar-refractivity contribution in [2.24, 2.45) is 11.8 Å². The summed E-state index contributed by atoms with van der Waals surface area (Å²) in [5, 5.41) is 12.4. The number of ketones is 2. The lowest BCUT2D eigenvalue weighted by Crippen LogP contribution is -2.38. The van der Waals surface area contributed by atoms with E-state index in [0.29, 0.717) is 45.2 Å². The van der Waals surface area contributed by atoms with Crippen molar-refractivity contribution in [1.82, 2.24) is 38.8 Å². The molecule has 2 aliphatic heterocycles. The summed E-state index contributed by atoms with van der Waals surface area (Å²) in [7, 11) is 5.99. The molecular weight excluding hydrogens is 879 g/mol. The van der Waals surface area contributed by atoms with Crippen LogP contribution in [0.1, 0.15) is 88.5 Å². The van der Waals surface area contributed by atoms with Crippen LogP contribution in [-0.2, 0) is 22.4 Å². The second-order valence-corrected chi connectivity index (χ2v) is 18.5. The third-order valence-corrected chi connectivity index (χ3v) is 13.8. The molecule has 0 aliphatic carbocycles. The van der Waals surface area contributed by atoms with Crippen LogP contribution in [0.3, 0.4) is 0 Å². The van der Waals surface area contributed by atoms with E-state index < -0.39 is 29.4 Å². The maximum Gasteiger partial charge on any atom is 0.347 e. The molecule has 8 rings (SSSR count). The minimum Gasteiger partial charge on any atom is -0.477 e. The van der Waals surface area contributed by atoms with Crippen LogP contribution in [0.4, 0.5) is 8.78 Å².